The van der Waals surface area contributed by atoms with Gasteiger partial charge in [0, 0.05) is 0 Å². The van der Waals surface area contributed by atoms with E-state index in [1.165, 1.54) is 12.1 Å². The summed E-state index contributed by atoms with van der Waals surface area (Å²) in [6.45, 7) is 8.22. The minimum absolute atomic E-state index is 0.157. The van der Waals surface area contributed by atoms with E-state index in [0.29, 0.717) is 24.3 Å². The second kappa shape index (κ2) is 11.0. The fourth-order valence-electron chi connectivity index (χ4n) is 3.52. The molecule has 0 spiro atoms. The number of nitrogens with zero attached hydrogens (tertiary/aromatic N) is 1. The molecule has 3 rings (SSSR count). The first-order chi connectivity index (χ1) is 15.7. The number of esters is 1. The lowest BCUT2D eigenvalue weighted by Crippen LogP contribution is -2.33. The van der Waals surface area contributed by atoms with Gasteiger partial charge in [-0.25, -0.2) is 12.8 Å². The number of ether oxygens (including phenoxy) is 3. The summed E-state index contributed by atoms with van der Waals surface area (Å²) in [5.74, 6) is -0.496. The number of halogens is 1. The standard InChI is InChI=1S/C24H30FNO6S/c1-4-26(14-24(27)30-5-2)11-10-17(3)15-31-21-8-6-18(12-20(21)25)19-7-9-23-22(13-19)32-16-33(23,28)29/h6-9,12-13,17H,4-5,10-11,14-16H2,1-3H3. The van der Waals surface area contributed by atoms with Crippen LogP contribution in [0, 0.1) is 11.7 Å². The van der Waals surface area contributed by atoms with Gasteiger partial charge in [0.2, 0.25) is 9.84 Å². The Kier molecular flexibility index (Phi) is 8.31. The Morgan fingerprint density at radius 1 is 1.18 bits per heavy atom. The molecular formula is C24H30FNO6S. The molecule has 2 aromatic rings. The monoisotopic (exact) mass is 479 g/mol. The molecule has 0 amide bonds. The van der Waals surface area contributed by atoms with Crippen molar-refractivity contribution in [1.82, 2.24) is 4.90 Å². The number of benzene rings is 2. The van der Waals surface area contributed by atoms with Crippen LogP contribution in [0.1, 0.15) is 27.2 Å². The van der Waals surface area contributed by atoms with Crippen LogP contribution in [0.25, 0.3) is 11.1 Å². The summed E-state index contributed by atoms with van der Waals surface area (Å²) in [6.07, 6.45) is 0.797. The van der Waals surface area contributed by atoms with Crippen molar-refractivity contribution in [2.24, 2.45) is 5.92 Å². The lowest BCUT2D eigenvalue weighted by Gasteiger charge is -2.21. The fraction of sp³-hybridized carbons (Fsp3) is 0.458. The van der Waals surface area contributed by atoms with Gasteiger partial charge in [-0.15, -0.1) is 0 Å². The topological polar surface area (TPSA) is 82.1 Å². The molecule has 33 heavy (non-hydrogen) atoms. The molecule has 0 bridgehead atoms. The summed E-state index contributed by atoms with van der Waals surface area (Å²) in [5, 5.41) is 0. The van der Waals surface area contributed by atoms with Crippen LogP contribution in [-0.4, -0.2) is 58.1 Å². The van der Waals surface area contributed by atoms with Crippen molar-refractivity contribution >= 4 is 15.8 Å². The Balaban J connectivity index is 1.55. The molecule has 1 atom stereocenters. The van der Waals surface area contributed by atoms with E-state index in [4.69, 9.17) is 14.2 Å². The van der Waals surface area contributed by atoms with Crippen LogP contribution in [0.3, 0.4) is 0 Å². The number of carbonyl (C=O) groups is 1. The highest BCUT2D eigenvalue weighted by Crippen LogP contribution is 2.36. The van der Waals surface area contributed by atoms with Crippen molar-refractivity contribution < 1.29 is 31.8 Å². The Morgan fingerprint density at radius 2 is 1.91 bits per heavy atom. The third kappa shape index (κ3) is 6.45. The zero-order valence-corrected chi connectivity index (χ0v) is 20.0. The molecule has 0 aliphatic carbocycles. The summed E-state index contributed by atoms with van der Waals surface area (Å²) >= 11 is 0. The molecule has 1 aliphatic heterocycles. The maximum Gasteiger partial charge on any atom is 0.320 e. The summed E-state index contributed by atoms with van der Waals surface area (Å²) < 4.78 is 54.3. The van der Waals surface area contributed by atoms with Crippen LogP contribution in [0.2, 0.25) is 0 Å². The maximum atomic E-state index is 14.7. The van der Waals surface area contributed by atoms with E-state index in [1.807, 2.05) is 18.7 Å². The first kappa shape index (κ1) is 25.0. The number of fused-ring (bicyclic) bond motifs is 1. The van der Waals surface area contributed by atoms with Gasteiger partial charge in [0.15, 0.2) is 17.5 Å². The number of sulfone groups is 1. The molecule has 0 N–H and O–H groups in total. The van der Waals surface area contributed by atoms with E-state index in [0.717, 1.165) is 19.5 Å². The Morgan fingerprint density at radius 3 is 2.61 bits per heavy atom. The van der Waals surface area contributed by atoms with Crippen molar-refractivity contribution in [1.29, 1.82) is 0 Å². The van der Waals surface area contributed by atoms with E-state index < -0.39 is 15.7 Å². The maximum absolute atomic E-state index is 14.7. The van der Waals surface area contributed by atoms with Crippen molar-refractivity contribution in [3.63, 3.8) is 0 Å². The smallest absolute Gasteiger partial charge is 0.320 e. The van der Waals surface area contributed by atoms with E-state index in [-0.39, 0.29) is 40.8 Å². The van der Waals surface area contributed by atoms with Crippen molar-refractivity contribution in [3.05, 3.63) is 42.2 Å². The molecule has 0 radical (unpaired) electrons. The van der Waals surface area contributed by atoms with Crippen LogP contribution < -0.4 is 9.47 Å². The van der Waals surface area contributed by atoms with Gasteiger partial charge in [-0.05, 0) is 67.7 Å². The van der Waals surface area contributed by atoms with Crippen LogP contribution in [-0.2, 0) is 19.4 Å². The lowest BCUT2D eigenvalue weighted by molar-refractivity contribution is -0.144. The van der Waals surface area contributed by atoms with Gasteiger partial charge < -0.3 is 14.2 Å². The summed E-state index contributed by atoms with van der Waals surface area (Å²) in [4.78, 5) is 13.8. The second-order valence-corrected chi connectivity index (χ2v) is 9.97. The van der Waals surface area contributed by atoms with Crippen LogP contribution >= 0.6 is 0 Å². The van der Waals surface area contributed by atoms with Gasteiger partial charge in [-0.1, -0.05) is 26.0 Å². The third-order valence-electron chi connectivity index (χ3n) is 5.48. The largest absolute Gasteiger partial charge is 0.490 e. The average Bonchev–Trinajstić information content (AvgIpc) is 3.09. The van der Waals surface area contributed by atoms with Crippen molar-refractivity contribution in [3.8, 4) is 22.6 Å². The minimum Gasteiger partial charge on any atom is -0.490 e. The van der Waals surface area contributed by atoms with Crippen molar-refractivity contribution in [2.75, 3.05) is 38.8 Å². The Labute approximate surface area is 194 Å². The SMILES string of the molecule is CCOC(=O)CN(CC)CCC(C)COc1ccc(-c2ccc3c(c2)OCS3(=O)=O)cc1F. The highest BCUT2D eigenvalue weighted by Gasteiger charge is 2.28. The first-order valence-corrected chi connectivity index (χ1v) is 12.7. The fourth-order valence-corrected chi connectivity index (χ4v) is 4.62. The number of carbonyl (C=O) groups excluding carboxylic acids is 1. The van der Waals surface area contributed by atoms with Crippen LogP contribution in [0.15, 0.2) is 41.3 Å². The summed E-state index contributed by atoms with van der Waals surface area (Å²) in [7, 11) is -3.40. The molecule has 0 saturated heterocycles. The van der Waals surface area contributed by atoms with E-state index in [2.05, 4.69) is 0 Å². The Hall–Kier alpha value is -2.65. The first-order valence-electron chi connectivity index (χ1n) is 11.0. The number of rotatable bonds is 11. The van der Waals surface area contributed by atoms with E-state index >= 15 is 0 Å². The minimum atomic E-state index is -3.40. The zero-order valence-electron chi connectivity index (χ0n) is 19.2. The van der Waals surface area contributed by atoms with Gasteiger partial charge in [0.1, 0.15) is 10.6 Å². The average molecular weight is 480 g/mol. The van der Waals surface area contributed by atoms with Crippen LogP contribution in [0.4, 0.5) is 4.39 Å². The molecule has 7 nitrogen and oxygen atoms in total. The molecule has 0 aromatic heterocycles. The van der Waals surface area contributed by atoms with Crippen molar-refractivity contribution in [2.45, 2.75) is 32.1 Å². The number of likely N-dealkylation sites (N-methyl/N-ethyl adjacent to an activating group) is 1. The number of hydrogen-bond donors (Lipinski definition) is 0. The molecule has 0 fully saturated rings. The quantitative estimate of drug-likeness (QED) is 0.452. The molecule has 2 aromatic carbocycles. The molecule has 1 heterocycles. The second-order valence-electron chi connectivity index (χ2n) is 8.06. The van der Waals surface area contributed by atoms with Gasteiger partial charge in [-0.3, -0.25) is 9.69 Å². The van der Waals surface area contributed by atoms with Gasteiger partial charge in [-0.2, -0.15) is 0 Å². The van der Waals surface area contributed by atoms with Gasteiger partial charge in [0.25, 0.3) is 0 Å². The highest BCUT2D eigenvalue weighted by molar-refractivity contribution is 7.91. The normalized spacial score (nSPS) is 15.1. The summed E-state index contributed by atoms with van der Waals surface area (Å²) in [5.41, 5.74) is 1.26. The molecule has 180 valence electrons. The molecular weight excluding hydrogens is 449 g/mol. The summed E-state index contributed by atoms with van der Waals surface area (Å²) in [6, 6.07) is 9.39. The van der Waals surface area contributed by atoms with E-state index in [1.54, 1.807) is 31.2 Å². The predicted molar refractivity (Wildman–Crippen MR) is 123 cm³/mol. The molecule has 9 heteroatoms. The van der Waals surface area contributed by atoms with Gasteiger partial charge >= 0.3 is 5.97 Å². The molecule has 1 unspecified atom stereocenters. The zero-order chi connectivity index (χ0) is 24.0. The molecule has 1 aliphatic rings. The Bertz CT molecular complexity index is 1090. The highest BCUT2D eigenvalue weighted by atomic mass is 32.2. The number of hydrogen-bond acceptors (Lipinski definition) is 7. The third-order valence-corrected chi connectivity index (χ3v) is 6.92. The van der Waals surface area contributed by atoms with Gasteiger partial charge in [0.05, 0.1) is 19.8 Å². The molecule has 0 saturated carbocycles. The lowest BCUT2D eigenvalue weighted by atomic mass is 10.0. The van der Waals surface area contributed by atoms with Crippen LogP contribution in [0.5, 0.6) is 11.5 Å². The predicted octanol–water partition coefficient (Wildman–Crippen LogP) is 3.91. The van der Waals surface area contributed by atoms with E-state index in [9.17, 15) is 17.6 Å².